The molecule has 1 N–H and O–H groups in total. The summed E-state index contributed by atoms with van der Waals surface area (Å²) in [6.45, 7) is -0.0899. The van der Waals surface area contributed by atoms with E-state index in [1.165, 1.54) is 22.2 Å². The molecule has 3 aromatic rings. The average molecular weight is 333 g/mol. The number of rotatable bonds is 3. The minimum atomic E-state index is -0.247. The number of benzene rings is 2. The lowest BCUT2D eigenvalue weighted by molar-refractivity contribution is -0.117. The highest BCUT2D eigenvalue weighted by Crippen LogP contribution is 2.27. The van der Waals surface area contributed by atoms with Crippen molar-refractivity contribution in [2.24, 2.45) is 0 Å². The monoisotopic (exact) mass is 333 g/mol. The molecular formula is C20H19N3O2. The fraction of sp³-hybridized carbons (Fsp3) is 0.250. The van der Waals surface area contributed by atoms with Crippen molar-refractivity contribution in [3.63, 3.8) is 0 Å². The minimum Gasteiger partial charge on any atom is -0.324 e. The molecule has 1 aliphatic rings. The van der Waals surface area contributed by atoms with E-state index in [1.54, 1.807) is 12.3 Å². The molecule has 2 aromatic carbocycles. The summed E-state index contributed by atoms with van der Waals surface area (Å²) in [7, 11) is 0. The van der Waals surface area contributed by atoms with E-state index in [1.807, 2.05) is 30.3 Å². The number of aryl methyl sites for hydroxylation is 1. The van der Waals surface area contributed by atoms with Gasteiger partial charge in [-0.15, -0.1) is 0 Å². The highest BCUT2D eigenvalue weighted by molar-refractivity contribution is 5.91. The average Bonchev–Trinajstić information content (AvgIpc) is 2.65. The van der Waals surface area contributed by atoms with E-state index in [0.29, 0.717) is 5.39 Å². The molecule has 1 amide bonds. The maximum absolute atomic E-state index is 12.5. The Morgan fingerprint density at radius 1 is 1.08 bits per heavy atom. The Hall–Kier alpha value is -2.95. The molecule has 5 heteroatoms. The van der Waals surface area contributed by atoms with Crippen LogP contribution in [-0.4, -0.2) is 15.7 Å². The number of amides is 1. The zero-order valence-electron chi connectivity index (χ0n) is 13.9. The lowest BCUT2D eigenvalue weighted by Gasteiger charge is -2.19. The van der Waals surface area contributed by atoms with Gasteiger partial charge in [0.25, 0.3) is 5.56 Å². The van der Waals surface area contributed by atoms with Gasteiger partial charge in [-0.3, -0.25) is 9.59 Å². The third kappa shape index (κ3) is 3.05. The van der Waals surface area contributed by atoms with Gasteiger partial charge in [0.05, 0.1) is 11.6 Å². The van der Waals surface area contributed by atoms with Gasteiger partial charge in [0, 0.05) is 11.1 Å². The van der Waals surface area contributed by atoms with Crippen molar-refractivity contribution in [2.75, 3.05) is 5.32 Å². The van der Waals surface area contributed by atoms with Gasteiger partial charge in [-0.1, -0.05) is 30.3 Å². The number of hydrogen-bond donors (Lipinski definition) is 1. The zero-order chi connectivity index (χ0) is 17.2. The molecule has 4 rings (SSSR count). The van der Waals surface area contributed by atoms with Crippen molar-refractivity contribution in [1.29, 1.82) is 0 Å². The molecule has 0 saturated carbocycles. The van der Waals surface area contributed by atoms with Crippen LogP contribution in [0.3, 0.4) is 0 Å². The second kappa shape index (κ2) is 6.51. The van der Waals surface area contributed by atoms with Gasteiger partial charge >= 0.3 is 0 Å². The third-order valence-corrected chi connectivity index (χ3v) is 4.73. The van der Waals surface area contributed by atoms with Crippen LogP contribution in [0.15, 0.2) is 53.5 Å². The Morgan fingerprint density at radius 3 is 2.84 bits per heavy atom. The maximum atomic E-state index is 12.5. The Bertz CT molecular complexity index is 1010. The molecule has 126 valence electrons. The summed E-state index contributed by atoms with van der Waals surface area (Å²) in [4.78, 5) is 24.9. The maximum Gasteiger partial charge on any atom is 0.275 e. The van der Waals surface area contributed by atoms with Crippen LogP contribution in [0.4, 0.5) is 5.69 Å². The first kappa shape index (κ1) is 15.6. The van der Waals surface area contributed by atoms with E-state index in [4.69, 9.17) is 0 Å². The summed E-state index contributed by atoms with van der Waals surface area (Å²) >= 11 is 0. The molecule has 1 heterocycles. The number of nitrogens with zero attached hydrogens (tertiary/aromatic N) is 2. The van der Waals surface area contributed by atoms with Gasteiger partial charge in [-0.2, -0.15) is 5.10 Å². The third-order valence-electron chi connectivity index (χ3n) is 4.73. The fourth-order valence-electron chi connectivity index (χ4n) is 3.46. The summed E-state index contributed by atoms with van der Waals surface area (Å²) < 4.78 is 1.22. The lowest BCUT2D eigenvalue weighted by Crippen LogP contribution is -2.29. The molecule has 0 unspecified atom stereocenters. The van der Waals surface area contributed by atoms with Gasteiger partial charge in [0.1, 0.15) is 6.54 Å². The summed E-state index contributed by atoms with van der Waals surface area (Å²) in [6, 6.07) is 13.3. The molecule has 1 aromatic heterocycles. The fourth-order valence-corrected chi connectivity index (χ4v) is 3.46. The standard InChI is InChI=1S/C20H19N3O2/c24-19(22-18-11-5-8-14-6-1-3-9-16(14)18)13-23-20(25)17-10-4-2-7-15(17)12-21-23/h2,4-5,7-8,10-12H,1,3,6,9,13H2,(H,22,24). The zero-order valence-corrected chi connectivity index (χ0v) is 13.9. The second-order valence-corrected chi connectivity index (χ2v) is 6.39. The topological polar surface area (TPSA) is 64.0 Å². The van der Waals surface area contributed by atoms with Gasteiger partial charge < -0.3 is 5.32 Å². The van der Waals surface area contributed by atoms with E-state index in [0.717, 1.165) is 30.3 Å². The van der Waals surface area contributed by atoms with Gasteiger partial charge in [-0.25, -0.2) is 4.68 Å². The number of aromatic nitrogens is 2. The first-order valence-electron chi connectivity index (χ1n) is 8.58. The van der Waals surface area contributed by atoms with Crippen LogP contribution in [0.25, 0.3) is 10.8 Å². The lowest BCUT2D eigenvalue weighted by atomic mass is 9.90. The van der Waals surface area contributed by atoms with Crippen LogP contribution in [0.2, 0.25) is 0 Å². The van der Waals surface area contributed by atoms with Gasteiger partial charge in [0.2, 0.25) is 5.91 Å². The van der Waals surface area contributed by atoms with E-state index in [9.17, 15) is 9.59 Å². The first-order chi connectivity index (χ1) is 12.2. The quantitative estimate of drug-likeness (QED) is 0.801. The minimum absolute atomic E-state index is 0.0899. The summed E-state index contributed by atoms with van der Waals surface area (Å²) in [5.41, 5.74) is 3.14. The van der Waals surface area contributed by atoms with Crippen LogP contribution in [0, 0.1) is 0 Å². The molecule has 0 aliphatic heterocycles. The van der Waals surface area contributed by atoms with E-state index >= 15 is 0 Å². The normalized spacial score (nSPS) is 13.4. The molecular weight excluding hydrogens is 314 g/mol. The molecule has 25 heavy (non-hydrogen) atoms. The second-order valence-electron chi connectivity index (χ2n) is 6.39. The highest BCUT2D eigenvalue weighted by Gasteiger charge is 2.15. The van der Waals surface area contributed by atoms with Crippen molar-refractivity contribution in [2.45, 2.75) is 32.2 Å². The molecule has 0 spiro atoms. The largest absolute Gasteiger partial charge is 0.324 e. The number of carbonyl (C=O) groups excluding carboxylic acids is 1. The Balaban J connectivity index is 1.57. The molecule has 5 nitrogen and oxygen atoms in total. The van der Waals surface area contributed by atoms with E-state index in [2.05, 4.69) is 16.5 Å². The first-order valence-corrected chi connectivity index (χ1v) is 8.58. The SMILES string of the molecule is O=C(Cn1ncc2ccccc2c1=O)Nc1cccc2c1CCCC2. The molecule has 0 bridgehead atoms. The highest BCUT2D eigenvalue weighted by atomic mass is 16.2. The Morgan fingerprint density at radius 2 is 1.92 bits per heavy atom. The summed E-state index contributed by atoms with van der Waals surface area (Å²) in [6.07, 6.45) is 6.01. The summed E-state index contributed by atoms with van der Waals surface area (Å²) in [5.74, 6) is -0.233. The molecule has 0 saturated heterocycles. The van der Waals surface area contributed by atoms with Crippen molar-refractivity contribution in [3.05, 3.63) is 70.1 Å². The molecule has 1 aliphatic carbocycles. The smallest absolute Gasteiger partial charge is 0.275 e. The van der Waals surface area contributed by atoms with Crippen LogP contribution in [-0.2, 0) is 24.2 Å². The number of fused-ring (bicyclic) bond motifs is 2. The molecule has 0 atom stereocenters. The number of nitrogens with one attached hydrogen (secondary N) is 1. The summed E-state index contributed by atoms with van der Waals surface area (Å²) in [5, 5.41) is 8.42. The predicted molar refractivity (Wildman–Crippen MR) is 97.7 cm³/mol. The van der Waals surface area contributed by atoms with Crippen LogP contribution < -0.4 is 10.9 Å². The van der Waals surface area contributed by atoms with Crippen LogP contribution >= 0.6 is 0 Å². The van der Waals surface area contributed by atoms with Gasteiger partial charge in [-0.05, 0) is 48.9 Å². The van der Waals surface area contributed by atoms with Crippen molar-refractivity contribution in [1.82, 2.24) is 9.78 Å². The Labute approximate surface area is 145 Å². The van der Waals surface area contributed by atoms with Crippen molar-refractivity contribution in [3.8, 4) is 0 Å². The van der Waals surface area contributed by atoms with Gasteiger partial charge in [0.15, 0.2) is 0 Å². The Kier molecular flexibility index (Phi) is 4.06. The van der Waals surface area contributed by atoms with Crippen molar-refractivity contribution < 1.29 is 4.79 Å². The van der Waals surface area contributed by atoms with Crippen LogP contribution in [0.5, 0.6) is 0 Å². The number of carbonyl (C=O) groups is 1. The van der Waals surface area contributed by atoms with E-state index < -0.39 is 0 Å². The number of hydrogen-bond acceptors (Lipinski definition) is 3. The predicted octanol–water partition coefficient (Wildman–Crippen LogP) is 2.91. The number of anilines is 1. The molecule has 0 fully saturated rings. The van der Waals surface area contributed by atoms with Crippen LogP contribution in [0.1, 0.15) is 24.0 Å². The van der Waals surface area contributed by atoms with E-state index in [-0.39, 0.29) is 18.0 Å². The van der Waals surface area contributed by atoms with Crippen molar-refractivity contribution >= 4 is 22.4 Å². The molecule has 0 radical (unpaired) electrons.